The zero-order valence-electron chi connectivity index (χ0n) is 10.7. The van der Waals surface area contributed by atoms with Crippen molar-refractivity contribution >= 4 is 5.91 Å². The van der Waals surface area contributed by atoms with E-state index in [2.05, 4.69) is 10.3 Å². The van der Waals surface area contributed by atoms with Crippen molar-refractivity contribution in [2.75, 3.05) is 13.7 Å². The van der Waals surface area contributed by atoms with E-state index in [1.165, 1.54) is 0 Å². The zero-order chi connectivity index (χ0) is 13.5. The highest BCUT2D eigenvalue weighted by Gasteiger charge is 2.12. The Morgan fingerprint density at radius 1 is 1.26 bits per heavy atom. The lowest BCUT2D eigenvalue weighted by Crippen LogP contribution is -2.29. The molecule has 1 atom stereocenters. The van der Waals surface area contributed by atoms with E-state index in [9.17, 15) is 4.79 Å². The van der Waals surface area contributed by atoms with E-state index in [0.717, 1.165) is 5.56 Å². The molecule has 1 amide bonds. The number of carbonyl (C=O) groups excluding carboxylic acids is 1. The predicted molar refractivity (Wildman–Crippen MR) is 72.8 cm³/mol. The van der Waals surface area contributed by atoms with Crippen LogP contribution in [0.25, 0.3) is 0 Å². The van der Waals surface area contributed by atoms with E-state index in [0.29, 0.717) is 12.1 Å². The van der Waals surface area contributed by atoms with Crippen molar-refractivity contribution in [2.45, 2.75) is 6.10 Å². The van der Waals surface area contributed by atoms with Crippen molar-refractivity contribution in [3.63, 3.8) is 0 Å². The lowest BCUT2D eigenvalue weighted by Gasteiger charge is -2.16. The van der Waals surface area contributed by atoms with Gasteiger partial charge in [-0.2, -0.15) is 0 Å². The summed E-state index contributed by atoms with van der Waals surface area (Å²) in [7, 11) is 1.63. The molecular formula is C15H16N2O2. The summed E-state index contributed by atoms with van der Waals surface area (Å²) in [6.07, 6.45) is 3.03. The molecule has 0 fully saturated rings. The molecule has 2 aromatic rings. The second-order valence-electron chi connectivity index (χ2n) is 4.09. The number of nitrogens with one attached hydrogen (secondary N) is 1. The zero-order valence-corrected chi connectivity index (χ0v) is 10.7. The van der Waals surface area contributed by atoms with E-state index in [-0.39, 0.29) is 12.0 Å². The number of aromatic nitrogens is 1. The Bertz CT molecular complexity index is 514. The van der Waals surface area contributed by atoms with E-state index < -0.39 is 0 Å². The Morgan fingerprint density at radius 2 is 2.05 bits per heavy atom. The lowest BCUT2D eigenvalue weighted by molar-refractivity contribution is 0.0827. The summed E-state index contributed by atoms with van der Waals surface area (Å²) in [5.41, 5.74) is 1.59. The number of pyridine rings is 1. The number of hydrogen-bond acceptors (Lipinski definition) is 3. The molecule has 4 nitrogen and oxygen atoms in total. The molecule has 1 aromatic heterocycles. The standard InChI is InChI=1S/C15H16N2O2/c1-19-14(12-6-3-2-4-7-12)11-17-15(18)13-8-5-9-16-10-13/h2-10,14H,11H2,1H3,(H,17,18)/t14-/m1/s1. The molecular weight excluding hydrogens is 240 g/mol. The van der Waals surface area contributed by atoms with E-state index >= 15 is 0 Å². The molecule has 0 saturated carbocycles. The van der Waals surface area contributed by atoms with Crippen LogP contribution in [0.2, 0.25) is 0 Å². The highest BCUT2D eigenvalue weighted by molar-refractivity contribution is 5.93. The quantitative estimate of drug-likeness (QED) is 0.892. The number of carbonyl (C=O) groups is 1. The fourth-order valence-corrected chi connectivity index (χ4v) is 1.79. The van der Waals surface area contributed by atoms with Gasteiger partial charge in [0.1, 0.15) is 0 Å². The van der Waals surface area contributed by atoms with Crippen LogP contribution in [0, 0.1) is 0 Å². The van der Waals surface area contributed by atoms with Crippen LogP contribution in [-0.4, -0.2) is 24.5 Å². The van der Waals surface area contributed by atoms with Crippen LogP contribution in [0.5, 0.6) is 0 Å². The molecule has 0 aliphatic heterocycles. The van der Waals surface area contributed by atoms with E-state index in [4.69, 9.17) is 4.74 Å². The van der Waals surface area contributed by atoms with Gasteiger partial charge in [-0.25, -0.2) is 0 Å². The number of benzene rings is 1. The summed E-state index contributed by atoms with van der Waals surface area (Å²) in [5, 5.41) is 2.84. The van der Waals surface area contributed by atoms with Crippen LogP contribution >= 0.6 is 0 Å². The highest BCUT2D eigenvalue weighted by atomic mass is 16.5. The average Bonchev–Trinajstić information content (AvgIpc) is 2.49. The molecule has 4 heteroatoms. The predicted octanol–water partition coefficient (Wildman–Crippen LogP) is 2.20. The Morgan fingerprint density at radius 3 is 2.68 bits per heavy atom. The van der Waals surface area contributed by atoms with Crippen molar-refractivity contribution in [3.8, 4) is 0 Å². The lowest BCUT2D eigenvalue weighted by atomic mass is 10.1. The third-order valence-electron chi connectivity index (χ3n) is 2.83. The summed E-state index contributed by atoms with van der Waals surface area (Å²) in [6, 6.07) is 13.3. The fourth-order valence-electron chi connectivity index (χ4n) is 1.79. The Kier molecular flexibility index (Phi) is 4.64. The second-order valence-corrected chi connectivity index (χ2v) is 4.09. The van der Waals surface area contributed by atoms with Gasteiger partial charge in [0, 0.05) is 26.0 Å². The first kappa shape index (κ1) is 13.2. The second kappa shape index (κ2) is 6.66. The van der Waals surface area contributed by atoms with Crippen molar-refractivity contribution in [1.82, 2.24) is 10.3 Å². The van der Waals surface area contributed by atoms with Crippen LogP contribution < -0.4 is 5.32 Å². The SMILES string of the molecule is CO[C@H](CNC(=O)c1cccnc1)c1ccccc1. The first-order valence-corrected chi connectivity index (χ1v) is 6.07. The van der Waals surface area contributed by atoms with Gasteiger partial charge in [-0.15, -0.1) is 0 Å². The molecule has 0 bridgehead atoms. The minimum absolute atomic E-state index is 0.147. The Hall–Kier alpha value is -2.20. The molecule has 0 saturated heterocycles. The Labute approximate surface area is 112 Å². The highest BCUT2D eigenvalue weighted by Crippen LogP contribution is 2.14. The third-order valence-corrected chi connectivity index (χ3v) is 2.83. The van der Waals surface area contributed by atoms with Gasteiger partial charge >= 0.3 is 0 Å². The van der Waals surface area contributed by atoms with Gasteiger partial charge in [0.25, 0.3) is 5.91 Å². The van der Waals surface area contributed by atoms with Crippen molar-refractivity contribution in [3.05, 3.63) is 66.0 Å². The van der Waals surface area contributed by atoms with Crippen LogP contribution in [-0.2, 0) is 4.74 Å². The summed E-state index contributed by atoms with van der Waals surface area (Å²) >= 11 is 0. The van der Waals surface area contributed by atoms with Gasteiger partial charge in [-0.3, -0.25) is 9.78 Å². The van der Waals surface area contributed by atoms with Crippen molar-refractivity contribution < 1.29 is 9.53 Å². The van der Waals surface area contributed by atoms with E-state index in [1.54, 1.807) is 31.6 Å². The number of hydrogen-bond donors (Lipinski definition) is 1. The van der Waals surface area contributed by atoms with Gasteiger partial charge in [-0.1, -0.05) is 30.3 Å². The number of ether oxygens (including phenoxy) is 1. The maximum atomic E-state index is 11.9. The normalized spacial score (nSPS) is 11.8. The van der Waals surface area contributed by atoms with Crippen molar-refractivity contribution in [1.29, 1.82) is 0 Å². The summed E-state index contributed by atoms with van der Waals surface area (Å²) in [4.78, 5) is 15.8. The minimum Gasteiger partial charge on any atom is -0.375 e. The Balaban J connectivity index is 1.96. The maximum Gasteiger partial charge on any atom is 0.252 e. The van der Waals surface area contributed by atoms with Gasteiger partial charge < -0.3 is 10.1 Å². The average molecular weight is 256 g/mol. The first-order valence-electron chi connectivity index (χ1n) is 6.07. The molecule has 0 radical (unpaired) electrons. The molecule has 2 rings (SSSR count). The summed E-state index contributed by atoms with van der Waals surface area (Å²) in [5.74, 6) is -0.147. The summed E-state index contributed by atoms with van der Waals surface area (Å²) < 4.78 is 5.39. The number of rotatable bonds is 5. The van der Waals surface area contributed by atoms with Crippen molar-refractivity contribution in [2.24, 2.45) is 0 Å². The molecule has 0 spiro atoms. The molecule has 0 aliphatic carbocycles. The topological polar surface area (TPSA) is 51.2 Å². The molecule has 0 aliphatic rings. The van der Waals surface area contributed by atoms with Crippen LogP contribution in [0.1, 0.15) is 22.0 Å². The maximum absolute atomic E-state index is 11.9. The summed E-state index contributed by atoms with van der Waals surface area (Å²) in [6.45, 7) is 0.425. The van der Waals surface area contributed by atoms with Crippen LogP contribution in [0.15, 0.2) is 54.9 Å². The van der Waals surface area contributed by atoms with Gasteiger partial charge in [0.05, 0.1) is 11.7 Å². The molecule has 19 heavy (non-hydrogen) atoms. The molecule has 1 aromatic carbocycles. The first-order chi connectivity index (χ1) is 9.31. The molecule has 0 unspecified atom stereocenters. The van der Waals surface area contributed by atoms with Crippen LogP contribution in [0.4, 0.5) is 0 Å². The fraction of sp³-hybridized carbons (Fsp3) is 0.200. The molecule has 1 N–H and O–H groups in total. The third kappa shape index (κ3) is 3.63. The monoisotopic (exact) mass is 256 g/mol. The van der Waals surface area contributed by atoms with Crippen LogP contribution in [0.3, 0.4) is 0 Å². The number of nitrogens with zero attached hydrogens (tertiary/aromatic N) is 1. The minimum atomic E-state index is -0.151. The molecule has 98 valence electrons. The smallest absolute Gasteiger partial charge is 0.252 e. The number of methoxy groups -OCH3 is 1. The van der Waals surface area contributed by atoms with Gasteiger partial charge in [-0.05, 0) is 17.7 Å². The largest absolute Gasteiger partial charge is 0.375 e. The van der Waals surface area contributed by atoms with Gasteiger partial charge in [0.15, 0.2) is 0 Å². The molecule has 1 heterocycles. The van der Waals surface area contributed by atoms with Gasteiger partial charge in [0.2, 0.25) is 0 Å². The number of amides is 1. The van der Waals surface area contributed by atoms with E-state index in [1.807, 2.05) is 30.3 Å².